The number of aromatic nitrogens is 1. The zero-order valence-electron chi connectivity index (χ0n) is 23.2. The summed E-state index contributed by atoms with van der Waals surface area (Å²) in [6.07, 6.45) is 8.03. The number of carbonyl (C=O) groups excluding carboxylic acids is 2. The Morgan fingerprint density at radius 3 is 2.51 bits per heavy atom. The Hall–Kier alpha value is -3.65. The lowest BCUT2D eigenvalue weighted by Crippen LogP contribution is -2.70. The van der Waals surface area contributed by atoms with Crippen LogP contribution in [0, 0.1) is 11.6 Å². The number of nitrogens with zero attached hydrogens (tertiary/aromatic N) is 2. The highest BCUT2D eigenvalue weighted by Crippen LogP contribution is 2.47. The lowest BCUT2D eigenvalue weighted by atomic mass is 9.79. The van der Waals surface area contributed by atoms with Crippen LogP contribution in [0.3, 0.4) is 0 Å². The van der Waals surface area contributed by atoms with Crippen LogP contribution in [0.1, 0.15) is 66.8 Å². The van der Waals surface area contributed by atoms with E-state index in [1.165, 1.54) is 23.3 Å². The summed E-state index contributed by atoms with van der Waals surface area (Å²) in [5.41, 5.74) is 2.90. The van der Waals surface area contributed by atoms with Crippen molar-refractivity contribution in [3.05, 3.63) is 94.2 Å². The zero-order chi connectivity index (χ0) is 28.4. The standard InChI is InChI=1S/C33H34F2N4O2/c1-31(24-15-25(34)17-26(35)16-24)20-37-33(10-2-3-11-33)30(41)39(31)13-5-6-21-8-9-22-18-32(19-23(22)14-21)27-7-4-12-36-28(27)38-29(32)40/h4,7-9,12,14-17,37H,2-3,5-6,10-11,13,18-20H2,1H3,(H,36,38,40)/t31-,32-/m1/s1. The molecule has 3 aromatic rings. The highest BCUT2D eigenvalue weighted by Gasteiger charge is 2.53. The molecule has 2 amide bonds. The summed E-state index contributed by atoms with van der Waals surface area (Å²) in [5.74, 6) is -0.577. The second-order valence-corrected chi connectivity index (χ2v) is 12.5. The summed E-state index contributed by atoms with van der Waals surface area (Å²) in [4.78, 5) is 33.3. The van der Waals surface area contributed by atoms with E-state index >= 15 is 0 Å². The van der Waals surface area contributed by atoms with Crippen LogP contribution in [0.4, 0.5) is 14.6 Å². The molecule has 7 rings (SSSR count). The van der Waals surface area contributed by atoms with Crippen molar-refractivity contribution in [1.29, 1.82) is 0 Å². The van der Waals surface area contributed by atoms with Gasteiger partial charge in [-0.1, -0.05) is 37.1 Å². The highest BCUT2D eigenvalue weighted by molar-refractivity contribution is 6.06. The first-order valence-electron chi connectivity index (χ1n) is 14.6. The number of hydrogen-bond donors (Lipinski definition) is 2. The molecule has 0 unspecified atom stereocenters. The van der Waals surface area contributed by atoms with E-state index in [0.29, 0.717) is 43.7 Å². The van der Waals surface area contributed by atoms with Crippen LogP contribution in [0.15, 0.2) is 54.7 Å². The molecule has 8 heteroatoms. The van der Waals surface area contributed by atoms with Crippen molar-refractivity contribution in [2.24, 2.45) is 0 Å². The van der Waals surface area contributed by atoms with Gasteiger partial charge < -0.3 is 15.5 Å². The maximum Gasteiger partial charge on any atom is 0.243 e. The summed E-state index contributed by atoms with van der Waals surface area (Å²) in [6.45, 7) is 2.84. The second kappa shape index (κ2) is 9.44. The number of piperazine rings is 1. The van der Waals surface area contributed by atoms with Gasteiger partial charge in [0.25, 0.3) is 0 Å². The molecule has 2 aromatic carbocycles. The van der Waals surface area contributed by atoms with Crippen molar-refractivity contribution in [2.75, 3.05) is 18.4 Å². The van der Waals surface area contributed by atoms with E-state index in [2.05, 4.69) is 33.8 Å². The number of fused-ring (bicyclic) bond motifs is 3. The fraction of sp³-hybridized carbons (Fsp3) is 0.424. The Balaban J connectivity index is 1.11. The SMILES string of the molecule is C[C@]1(c2cc(F)cc(F)c2)CNC2(CCCC2)C(=O)N1CCCc1ccc2c(c1)C[C@@]1(C2)C(=O)Nc2ncccc21. The molecule has 0 radical (unpaired) electrons. The fourth-order valence-electron chi connectivity index (χ4n) is 7.75. The number of aryl methyl sites for hydroxylation is 1. The molecule has 6 nitrogen and oxygen atoms in total. The van der Waals surface area contributed by atoms with Gasteiger partial charge in [0.1, 0.15) is 17.5 Å². The molecule has 3 heterocycles. The number of pyridine rings is 1. The van der Waals surface area contributed by atoms with Gasteiger partial charge in [-0.25, -0.2) is 13.8 Å². The summed E-state index contributed by atoms with van der Waals surface area (Å²) in [6, 6.07) is 13.9. The van der Waals surface area contributed by atoms with Crippen molar-refractivity contribution in [3.63, 3.8) is 0 Å². The van der Waals surface area contributed by atoms with E-state index in [-0.39, 0.29) is 11.8 Å². The smallest absolute Gasteiger partial charge is 0.243 e. The lowest BCUT2D eigenvalue weighted by Gasteiger charge is -2.52. The first kappa shape index (κ1) is 26.3. The minimum Gasteiger partial charge on any atom is -0.330 e. The summed E-state index contributed by atoms with van der Waals surface area (Å²) in [7, 11) is 0. The maximum absolute atomic E-state index is 14.3. The molecule has 0 bridgehead atoms. The van der Waals surface area contributed by atoms with Gasteiger partial charge in [0, 0.05) is 30.9 Å². The topological polar surface area (TPSA) is 74.3 Å². The second-order valence-electron chi connectivity index (χ2n) is 12.5. The van der Waals surface area contributed by atoms with Crippen molar-refractivity contribution in [1.82, 2.24) is 15.2 Å². The van der Waals surface area contributed by atoms with Crippen LogP contribution in [-0.4, -0.2) is 40.3 Å². The number of rotatable bonds is 5. The van der Waals surface area contributed by atoms with Crippen LogP contribution in [-0.2, 0) is 39.8 Å². The highest BCUT2D eigenvalue weighted by atomic mass is 19.1. The summed E-state index contributed by atoms with van der Waals surface area (Å²) >= 11 is 0. The van der Waals surface area contributed by atoms with E-state index in [1.54, 1.807) is 6.20 Å². The minimum absolute atomic E-state index is 0.00934. The first-order valence-corrected chi connectivity index (χ1v) is 14.6. The molecule has 1 aromatic heterocycles. The third-order valence-electron chi connectivity index (χ3n) is 10.1. The van der Waals surface area contributed by atoms with Gasteiger partial charge in [0.05, 0.1) is 16.5 Å². The normalized spacial score (nSPS) is 26.1. The Morgan fingerprint density at radius 2 is 1.73 bits per heavy atom. The number of amides is 2. The van der Waals surface area contributed by atoms with E-state index < -0.39 is 28.1 Å². The molecule has 2 aliphatic heterocycles. The number of benzene rings is 2. The maximum atomic E-state index is 14.3. The fourth-order valence-corrected chi connectivity index (χ4v) is 7.75. The van der Waals surface area contributed by atoms with Crippen LogP contribution < -0.4 is 10.6 Å². The molecule has 1 saturated heterocycles. The van der Waals surface area contributed by atoms with Crippen LogP contribution >= 0.6 is 0 Å². The minimum atomic E-state index is -0.866. The third-order valence-corrected chi connectivity index (χ3v) is 10.1. The number of nitrogens with one attached hydrogen (secondary N) is 2. The Morgan fingerprint density at radius 1 is 0.976 bits per heavy atom. The summed E-state index contributed by atoms with van der Waals surface area (Å²) < 4.78 is 28.6. The van der Waals surface area contributed by atoms with Crippen molar-refractivity contribution in [3.8, 4) is 0 Å². The molecule has 2 N–H and O–H groups in total. The summed E-state index contributed by atoms with van der Waals surface area (Å²) in [5, 5.41) is 6.46. The number of hydrogen-bond acceptors (Lipinski definition) is 4. The molecule has 1 saturated carbocycles. The first-order chi connectivity index (χ1) is 19.7. The Kier molecular flexibility index (Phi) is 6.05. The van der Waals surface area contributed by atoms with E-state index in [1.807, 2.05) is 24.0 Å². The Bertz CT molecular complexity index is 1550. The number of halogens is 2. The van der Waals surface area contributed by atoms with Crippen LogP contribution in [0.25, 0.3) is 0 Å². The van der Waals surface area contributed by atoms with E-state index in [9.17, 15) is 18.4 Å². The van der Waals surface area contributed by atoms with Gasteiger partial charge in [-0.2, -0.15) is 0 Å². The molecule has 2 aliphatic carbocycles. The van der Waals surface area contributed by atoms with Crippen molar-refractivity contribution >= 4 is 17.6 Å². The molecule has 41 heavy (non-hydrogen) atoms. The van der Waals surface area contributed by atoms with Crippen molar-refractivity contribution < 1.29 is 18.4 Å². The van der Waals surface area contributed by atoms with E-state index in [0.717, 1.165) is 49.3 Å². The zero-order valence-corrected chi connectivity index (χ0v) is 23.2. The monoisotopic (exact) mass is 556 g/mol. The number of anilines is 1. The van der Waals surface area contributed by atoms with Crippen LogP contribution in [0.2, 0.25) is 0 Å². The van der Waals surface area contributed by atoms with Gasteiger partial charge in [-0.05, 0) is 85.9 Å². The third kappa shape index (κ3) is 4.09. The van der Waals surface area contributed by atoms with Gasteiger partial charge >= 0.3 is 0 Å². The molecule has 4 aliphatic rings. The van der Waals surface area contributed by atoms with Gasteiger partial charge in [0.2, 0.25) is 11.8 Å². The largest absolute Gasteiger partial charge is 0.330 e. The predicted molar refractivity (Wildman–Crippen MR) is 151 cm³/mol. The Labute approximate surface area is 238 Å². The molecule has 212 valence electrons. The number of carbonyl (C=O) groups is 2. The average Bonchev–Trinajstić information content (AvgIpc) is 3.65. The lowest BCUT2D eigenvalue weighted by molar-refractivity contribution is -0.151. The molecule has 2 atom stereocenters. The average molecular weight is 557 g/mol. The predicted octanol–water partition coefficient (Wildman–Crippen LogP) is 4.94. The van der Waals surface area contributed by atoms with E-state index in [4.69, 9.17) is 0 Å². The molecular weight excluding hydrogens is 522 g/mol. The molecule has 2 fully saturated rings. The molecule has 2 spiro atoms. The molecular formula is C33H34F2N4O2. The van der Waals surface area contributed by atoms with Gasteiger partial charge in [-0.15, -0.1) is 0 Å². The van der Waals surface area contributed by atoms with Gasteiger partial charge in [-0.3, -0.25) is 9.59 Å². The quantitative estimate of drug-likeness (QED) is 0.467. The van der Waals surface area contributed by atoms with Crippen molar-refractivity contribution in [2.45, 2.75) is 74.8 Å². The van der Waals surface area contributed by atoms with Crippen LogP contribution in [0.5, 0.6) is 0 Å². The van der Waals surface area contributed by atoms with Gasteiger partial charge in [0.15, 0.2) is 0 Å².